The van der Waals surface area contributed by atoms with Crippen LogP contribution in [0.5, 0.6) is 5.88 Å². The van der Waals surface area contributed by atoms with Gasteiger partial charge in [-0.1, -0.05) is 0 Å². The predicted octanol–water partition coefficient (Wildman–Crippen LogP) is 1.58. The summed E-state index contributed by atoms with van der Waals surface area (Å²) in [7, 11) is 0. The fourth-order valence-electron chi connectivity index (χ4n) is 2.30. The van der Waals surface area contributed by atoms with Crippen LogP contribution in [-0.4, -0.2) is 51.7 Å². The molecule has 2 heterocycles. The Morgan fingerprint density at radius 2 is 2.40 bits per heavy atom. The molecule has 2 rings (SSSR count). The molecule has 0 spiro atoms. The summed E-state index contributed by atoms with van der Waals surface area (Å²) in [6, 6.07) is -0.0330. The Morgan fingerprint density at radius 1 is 1.60 bits per heavy atom. The van der Waals surface area contributed by atoms with E-state index in [4.69, 9.17) is 9.84 Å². The van der Waals surface area contributed by atoms with Crippen LogP contribution in [0.25, 0.3) is 0 Å². The lowest BCUT2D eigenvalue weighted by Gasteiger charge is -2.36. The SMILES string of the molecule is CCOc1ncnc(N2CCSCC2CC(=O)O)c1C. The van der Waals surface area contributed by atoms with Gasteiger partial charge in [-0.15, -0.1) is 0 Å². The van der Waals surface area contributed by atoms with Gasteiger partial charge < -0.3 is 14.7 Å². The molecular formula is C13H19N3O3S. The Morgan fingerprint density at radius 3 is 3.10 bits per heavy atom. The lowest BCUT2D eigenvalue weighted by atomic mass is 10.1. The highest BCUT2D eigenvalue weighted by atomic mass is 32.2. The summed E-state index contributed by atoms with van der Waals surface area (Å²) < 4.78 is 5.49. The second kappa shape index (κ2) is 6.78. The van der Waals surface area contributed by atoms with Crippen molar-refractivity contribution in [2.75, 3.05) is 29.6 Å². The van der Waals surface area contributed by atoms with Crippen molar-refractivity contribution in [2.45, 2.75) is 26.3 Å². The van der Waals surface area contributed by atoms with E-state index in [1.54, 1.807) is 11.8 Å². The molecule has 0 amide bonds. The summed E-state index contributed by atoms with van der Waals surface area (Å²) in [6.07, 6.45) is 1.60. The summed E-state index contributed by atoms with van der Waals surface area (Å²) >= 11 is 1.78. The number of anilines is 1. The zero-order valence-electron chi connectivity index (χ0n) is 11.7. The van der Waals surface area contributed by atoms with E-state index in [1.165, 1.54) is 6.33 Å². The Bertz CT molecular complexity index is 484. The van der Waals surface area contributed by atoms with Crippen LogP contribution in [-0.2, 0) is 4.79 Å². The quantitative estimate of drug-likeness (QED) is 0.884. The fourth-order valence-corrected chi connectivity index (χ4v) is 3.36. The smallest absolute Gasteiger partial charge is 0.305 e. The molecule has 7 heteroatoms. The number of ether oxygens (including phenoxy) is 1. The first-order chi connectivity index (χ1) is 9.63. The average Bonchev–Trinajstić information content (AvgIpc) is 2.42. The summed E-state index contributed by atoms with van der Waals surface area (Å²) in [5, 5.41) is 9.05. The predicted molar refractivity (Wildman–Crippen MR) is 78.6 cm³/mol. The van der Waals surface area contributed by atoms with Gasteiger partial charge in [0.15, 0.2) is 0 Å². The van der Waals surface area contributed by atoms with Crippen LogP contribution in [0.1, 0.15) is 18.9 Å². The van der Waals surface area contributed by atoms with Crippen molar-refractivity contribution >= 4 is 23.5 Å². The van der Waals surface area contributed by atoms with Crippen molar-refractivity contribution in [1.82, 2.24) is 9.97 Å². The van der Waals surface area contributed by atoms with E-state index in [0.29, 0.717) is 12.5 Å². The highest BCUT2D eigenvalue weighted by Crippen LogP contribution is 2.29. The van der Waals surface area contributed by atoms with Crippen molar-refractivity contribution in [1.29, 1.82) is 0 Å². The van der Waals surface area contributed by atoms with Gasteiger partial charge in [-0.2, -0.15) is 11.8 Å². The van der Waals surface area contributed by atoms with Crippen molar-refractivity contribution in [3.05, 3.63) is 11.9 Å². The first-order valence-electron chi connectivity index (χ1n) is 6.64. The minimum Gasteiger partial charge on any atom is -0.481 e. The highest BCUT2D eigenvalue weighted by Gasteiger charge is 2.28. The number of carboxylic acids is 1. The van der Waals surface area contributed by atoms with Gasteiger partial charge in [-0.25, -0.2) is 9.97 Å². The monoisotopic (exact) mass is 297 g/mol. The summed E-state index contributed by atoms with van der Waals surface area (Å²) in [5.41, 5.74) is 0.872. The first-order valence-corrected chi connectivity index (χ1v) is 7.79. The third-order valence-corrected chi connectivity index (χ3v) is 4.29. The van der Waals surface area contributed by atoms with E-state index in [0.717, 1.165) is 29.4 Å². The molecule has 1 saturated heterocycles. The molecule has 6 nitrogen and oxygen atoms in total. The molecule has 0 aromatic carbocycles. The normalized spacial score (nSPS) is 18.9. The van der Waals surface area contributed by atoms with Crippen LogP contribution in [0, 0.1) is 6.92 Å². The molecule has 20 heavy (non-hydrogen) atoms. The summed E-state index contributed by atoms with van der Waals surface area (Å²) in [5.74, 6) is 2.36. The molecule has 1 aromatic heterocycles. The maximum atomic E-state index is 11.0. The van der Waals surface area contributed by atoms with Crippen LogP contribution >= 0.6 is 11.8 Å². The van der Waals surface area contributed by atoms with Crippen LogP contribution in [0.4, 0.5) is 5.82 Å². The number of aromatic nitrogens is 2. The molecule has 0 aliphatic carbocycles. The minimum absolute atomic E-state index is 0.0330. The molecule has 0 saturated carbocycles. The zero-order chi connectivity index (χ0) is 14.5. The molecule has 1 aromatic rings. The number of rotatable bonds is 5. The molecule has 1 atom stereocenters. The lowest BCUT2D eigenvalue weighted by molar-refractivity contribution is -0.137. The van der Waals surface area contributed by atoms with Crippen molar-refractivity contribution in [3.8, 4) is 5.88 Å². The third-order valence-electron chi connectivity index (χ3n) is 3.20. The van der Waals surface area contributed by atoms with Gasteiger partial charge in [-0.05, 0) is 13.8 Å². The number of aliphatic carboxylic acids is 1. The molecule has 1 aliphatic heterocycles. The number of carbonyl (C=O) groups is 1. The molecule has 110 valence electrons. The number of nitrogens with zero attached hydrogens (tertiary/aromatic N) is 3. The van der Waals surface area contributed by atoms with E-state index >= 15 is 0 Å². The van der Waals surface area contributed by atoms with Crippen molar-refractivity contribution in [3.63, 3.8) is 0 Å². The van der Waals surface area contributed by atoms with Gasteiger partial charge in [0.2, 0.25) is 5.88 Å². The highest BCUT2D eigenvalue weighted by molar-refractivity contribution is 7.99. The Hall–Kier alpha value is -1.50. The van der Waals surface area contributed by atoms with Crippen LogP contribution in [0.3, 0.4) is 0 Å². The van der Waals surface area contributed by atoms with E-state index in [2.05, 4.69) is 14.9 Å². The van der Waals surface area contributed by atoms with Gasteiger partial charge in [0.25, 0.3) is 0 Å². The Kier molecular flexibility index (Phi) is 5.05. The average molecular weight is 297 g/mol. The third kappa shape index (κ3) is 3.33. The number of hydrogen-bond donors (Lipinski definition) is 1. The second-order valence-electron chi connectivity index (χ2n) is 4.58. The van der Waals surface area contributed by atoms with Gasteiger partial charge in [-0.3, -0.25) is 4.79 Å². The zero-order valence-corrected chi connectivity index (χ0v) is 12.5. The second-order valence-corrected chi connectivity index (χ2v) is 5.73. The van der Waals surface area contributed by atoms with Gasteiger partial charge in [0.05, 0.1) is 18.6 Å². The maximum absolute atomic E-state index is 11.0. The molecule has 1 fully saturated rings. The molecule has 1 aliphatic rings. The van der Waals surface area contributed by atoms with Gasteiger partial charge in [0, 0.05) is 24.1 Å². The van der Waals surface area contributed by atoms with Crippen molar-refractivity contribution in [2.24, 2.45) is 0 Å². The Labute approximate surface area is 122 Å². The van der Waals surface area contributed by atoms with Crippen LogP contribution < -0.4 is 9.64 Å². The van der Waals surface area contributed by atoms with Crippen LogP contribution in [0.15, 0.2) is 6.33 Å². The van der Waals surface area contributed by atoms with E-state index in [1.807, 2.05) is 13.8 Å². The lowest BCUT2D eigenvalue weighted by Crippen LogP contribution is -2.44. The van der Waals surface area contributed by atoms with E-state index in [9.17, 15) is 4.79 Å². The molecule has 1 unspecified atom stereocenters. The van der Waals surface area contributed by atoms with Gasteiger partial charge in [0.1, 0.15) is 12.1 Å². The van der Waals surface area contributed by atoms with E-state index in [-0.39, 0.29) is 12.5 Å². The minimum atomic E-state index is -0.778. The Balaban J connectivity index is 2.27. The molecular weight excluding hydrogens is 278 g/mol. The maximum Gasteiger partial charge on any atom is 0.305 e. The van der Waals surface area contributed by atoms with Gasteiger partial charge >= 0.3 is 5.97 Å². The summed E-state index contributed by atoms with van der Waals surface area (Å²) in [6.45, 7) is 5.17. The molecule has 0 bridgehead atoms. The van der Waals surface area contributed by atoms with Crippen molar-refractivity contribution < 1.29 is 14.6 Å². The van der Waals surface area contributed by atoms with E-state index < -0.39 is 5.97 Å². The fraction of sp³-hybridized carbons (Fsp3) is 0.615. The molecule has 1 N–H and O–H groups in total. The topological polar surface area (TPSA) is 75.6 Å². The summed E-state index contributed by atoms with van der Waals surface area (Å²) in [4.78, 5) is 21.5. The largest absolute Gasteiger partial charge is 0.481 e. The molecule has 0 radical (unpaired) electrons. The number of hydrogen-bond acceptors (Lipinski definition) is 6. The number of carboxylic acid groups (broad SMARTS) is 1. The van der Waals surface area contributed by atoms with Crippen LogP contribution in [0.2, 0.25) is 0 Å². The standard InChI is InChI=1S/C13H19N3O3S/c1-3-19-13-9(2)12(14-8-15-13)16-4-5-20-7-10(16)6-11(17)18/h8,10H,3-7H2,1-2H3,(H,17,18). The number of thioether (sulfide) groups is 1. The first kappa shape index (κ1) is 14.9.